The SMILES string of the molecule is C=CCN(CC=C)S(=O)(=O)c1ccc(NC(=O)c2ccc(OCCOC)cc2)cc1. The van der Waals surface area contributed by atoms with E-state index < -0.39 is 10.0 Å². The van der Waals surface area contributed by atoms with Gasteiger partial charge in [-0.25, -0.2) is 8.42 Å². The second kappa shape index (κ2) is 11.3. The highest BCUT2D eigenvalue weighted by Gasteiger charge is 2.22. The molecule has 0 bridgehead atoms. The lowest BCUT2D eigenvalue weighted by atomic mass is 10.2. The zero-order valence-electron chi connectivity index (χ0n) is 16.9. The topological polar surface area (TPSA) is 84.9 Å². The third-order valence-corrected chi connectivity index (χ3v) is 5.93. The van der Waals surface area contributed by atoms with Crippen LogP contribution in [0.15, 0.2) is 78.7 Å². The Morgan fingerprint density at radius 3 is 2.13 bits per heavy atom. The number of nitrogens with one attached hydrogen (secondary N) is 1. The summed E-state index contributed by atoms with van der Waals surface area (Å²) >= 11 is 0. The van der Waals surface area contributed by atoms with Crippen molar-refractivity contribution < 1.29 is 22.7 Å². The molecule has 1 N–H and O–H groups in total. The highest BCUT2D eigenvalue weighted by atomic mass is 32.2. The molecule has 8 heteroatoms. The summed E-state index contributed by atoms with van der Waals surface area (Å²) < 4.78 is 37.1. The zero-order valence-corrected chi connectivity index (χ0v) is 17.7. The molecule has 0 aliphatic heterocycles. The monoisotopic (exact) mass is 430 g/mol. The number of hydrogen-bond donors (Lipinski definition) is 1. The van der Waals surface area contributed by atoms with Crippen molar-refractivity contribution in [1.82, 2.24) is 4.31 Å². The van der Waals surface area contributed by atoms with Gasteiger partial charge in [-0.3, -0.25) is 4.79 Å². The Balaban J connectivity index is 2.05. The van der Waals surface area contributed by atoms with Gasteiger partial charge in [0.15, 0.2) is 0 Å². The second-order valence-electron chi connectivity index (χ2n) is 6.24. The lowest BCUT2D eigenvalue weighted by Gasteiger charge is -2.19. The number of rotatable bonds is 12. The summed E-state index contributed by atoms with van der Waals surface area (Å²) in [7, 11) is -2.09. The first kappa shape index (κ1) is 23.3. The standard InChI is InChI=1S/C22H26N2O5S/c1-4-14-24(15-5-2)30(26,27)21-12-8-19(9-13-21)23-22(25)18-6-10-20(11-7-18)29-17-16-28-3/h4-13H,1-2,14-17H2,3H3,(H,23,25). The van der Waals surface area contributed by atoms with Gasteiger partial charge in [-0.15, -0.1) is 13.2 Å². The van der Waals surface area contributed by atoms with Crippen LogP contribution in [0.3, 0.4) is 0 Å². The molecule has 0 heterocycles. The number of carbonyl (C=O) groups excluding carboxylic acids is 1. The van der Waals surface area contributed by atoms with Crippen LogP contribution in [0.5, 0.6) is 5.75 Å². The number of amides is 1. The van der Waals surface area contributed by atoms with Crippen molar-refractivity contribution in [2.24, 2.45) is 0 Å². The van der Waals surface area contributed by atoms with Crippen molar-refractivity contribution >= 4 is 21.6 Å². The molecule has 0 unspecified atom stereocenters. The van der Waals surface area contributed by atoms with E-state index in [2.05, 4.69) is 18.5 Å². The van der Waals surface area contributed by atoms with E-state index >= 15 is 0 Å². The van der Waals surface area contributed by atoms with Gasteiger partial charge in [-0.05, 0) is 48.5 Å². The number of ether oxygens (including phenoxy) is 2. The Labute approximate surface area is 177 Å². The molecular formula is C22H26N2O5S. The van der Waals surface area contributed by atoms with E-state index in [-0.39, 0.29) is 23.9 Å². The van der Waals surface area contributed by atoms with Crippen LogP contribution >= 0.6 is 0 Å². The van der Waals surface area contributed by atoms with Gasteiger partial charge in [-0.1, -0.05) is 12.2 Å². The Morgan fingerprint density at radius 2 is 1.60 bits per heavy atom. The van der Waals surface area contributed by atoms with Gasteiger partial charge < -0.3 is 14.8 Å². The van der Waals surface area contributed by atoms with E-state index in [9.17, 15) is 13.2 Å². The van der Waals surface area contributed by atoms with Gasteiger partial charge in [0.25, 0.3) is 5.91 Å². The Kier molecular flexibility index (Phi) is 8.79. The van der Waals surface area contributed by atoms with E-state index in [0.29, 0.717) is 30.2 Å². The Hall–Kier alpha value is -2.94. The van der Waals surface area contributed by atoms with Gasteiger partial charge in [0, 0.05) is 31.5 Å². The van der Waals surface area contributed by atoms with E-state index in [0.717, 1.165) is 0 Å². The Morgan fingerprint density at radius 1 is 1.00 bits per heavy atom. The van der Waals surface area contributed by atoms with Crippen LogP contribution in [-0.2, 0) is 14.8 Å². The maximum absolute atomic E-state index is 12.7. The molecule has 0 aliphatic carbocycles. The second-order valence-corrected chi connectivity index (χ2v) is 8.18. The average molecular weight is 431 g/mol. The molecule has 0 spiro atoms. The Bertz CT molecular complexity index is 944. The molecule has 2 aromatic carbocycles. The normalized spacial score (nSPS) is 11.1. The molecule has 7 nitrogen and oxygen atoms in total. The van der Waals surface area contributed by atoms with Gasteiger partial charge in [0.2, 0.25) is 10.0 Å². The molecule has 0 fully saturated rings. The molecule has 0 saturated carbocycles. The summed E-state index contributed by atoms with van der Waals surface area (Å²) in [5.74, 6) is 0.329. The number of carbonyl (C=O) groups is 1. The summed E-state index contributed by atoms with van der Waals surface area (Å²) in [6.07, 6.45) is 3.03. The number of sulfonamides is 1. The van der Waals surface area contributed by atoms with Gasteiger partial charge in [0.05, 0.1) is 11.5 Å². The number of hydrogen-bond acceptors (Lipinski definition) is 5. The third-order valence-electron chi connectivity index (χ3n) is 4.09. The largest absolute Gasteiger partial charge is 0.491 e. The fourth-order valence-corrected chi connectivity index (χ4v) is 3.95. The maximum atomic E-state index is 12.7. The van der Waals surface area contributed by atoms with Crippen molar-refractivity contribution in [2.45, 2.75) is 4.90 Å². The van der Waals surface area contributed by atoms with Crippen molar-refractivity contribution in [3.63, 3.8) is 0 Å². The number of anilines is 1. The van der Waals surface area contributed by atoms with Gasteiger partial charge >= 0.3 is 0 Å². The molecule has 160 valence electrons. The lowest BCUT2D eigenvalue weighted by molar-refractivity contribution is 0.102. The summed E-state index contributed by atoms with van der Waals surface area (Å²) in [6.45, 7) is 8.44. The average Bonchev–Trinajstić information content (AvgIpc) is 2.74. The van der Waals surface area contributed by atoms with Crippen LogP contribution in [0.1, 0.15) is 10.4 Å². The van der Waals surface area contributed by atoms with Crippen LogP contribution in [0.4, 0.5) is 5.69 Å². The highest BCUT2D eigenvalue weighted by molar-refractivity contribution is 7.89. The molecule has 2 aromatic rings. The van der Waals surface area contributed by atoms with Gasteiger partial charge in [-0.2, -0.15) is 4.31 Å². The predicted molar refractivity (Wildman–Crippen MR) is 117 cm³/mol. The first-order valence-electron chi connectivity index (χ1n) is 9.27. The van der Waals surface area contributed by atoms with Crippen molar-refractivity contribution in [1.29, 1.82) is 0 Å². The van der Waals surface area contributed by atoms with E-state index in [1.165, 1.54) is 28.6 Å². The predicted octanol–water partition coefficient (Wildman–Crippen LogP) is 3.33. The highest BCUT2D eigenvalue weighted by Crippen LogP contribution is 2.19. The summed E-state index contributed by atoms with van der Waals surface area (Å²) in [5, 5.41) is 2.75. The molecule has 0 aromatic heterocycles. The maximum Gasteiger partial charge on any atom is 0.255 e. The van der Waals surface area contributed by atoms with Crippen LogP contribution in [0.25, 0.3) is 0 Å². The molecular weight excluding hydrogens is 404 g/mol. The van der Waals surface area contributed by atoms with E-state index in [4.69, 9.17) is 9.47 Å². The molecule has 0 radical (unpaired) electrons. The van der Waals surface area contributed by atoms with Crippen LogP contribution in [0, 0.1) is 0 Å². The molecule has 0 saturated heterocycles. The van der Waals surface area contributed by atoms with Crippen LogP contribution in [0.2, 0.25) is 0 Å². The molecule has 2 rings (SSSR count). The molecule has 1 amide bonds. The van der Waals surface area contributed by atoms with E-state index in [1.807, 2.05) is 0 Å². The third kappa shape index (κ3) is 6.28. The summed E-state index contributed by atoms with van der Waals surface area (Å²) in [5.41, 5.74) is 0.937. The number of nitrogens with zero attached hydrogens (tertiary/aromatic N) is 1. The minimum atomic E-state index is -3.68. The first-order valence-corrected chi connectivity index (χ1v) is 10.7. The number of benzene rings is 2. The molecule has 30 heavy (non-hydrogen) atoms. The zero-order chi connectivity index (χ0) is 22.0. The first-order chi connectivity index (χ1) is 14.4. The lowest BCUT2D eigenvalue weighted by Crippen LogP contribution is -2.31. The summed E-state index contributed by atoms with van der Waals surface area (Å²) in [6, 6.07) is 12.7. The fourth-order valence-electron chi connectivity index (χ4n) is 2.57. The summed E-state index contributed by atoms with van der Waals surface area (Å²) in [4.78, 5) is 12.6. The molecule has 0 atom stereocenters. The smallest absolute Gasteiger partial charge is 0.255 e. The molecule has 0 aliphatic rings. The van der Waals surface area contributed by atoms with Gasteiger partial charge in [0.1, 0.15) is 12.4 Å². The minimum Gasteiger partial charge on any atom is -0.491 e. The number of methoxy groups -OCH3 is 1. The minimum absolute atomic E-state index is 0.127. The quantitative estimate of drug-likeness (QED) is 0.412. The van der Waals surface area contributed by atoms with Crippen molar-refractivity contribution in [3.8, 4) is 5.75 Å². The van der Waals surface area contributed by atoms with E-state index in [1.54, 1.807) is 43.5 Å². The van der Waals surface area contributed by atoms with Crippen molar-refractivity contribution in [3.05, 3.63) is 79.4 Å². The van der Waals surface area contributed by atoms with Crippen LogP contribution < -0.4 is 10.1 Å². The fraction of sp³-hybridized carbons (Fsp3) is 0.227. The van der Waals surface area contributed by atoms with Crippen LogP contribution in [-0.4, -0.2) is 52.0 Å². The van der Waals surface area contributed by atoms with Crippen molar-refractivity contribution in [2.75, 3.05) is 38.7 Å².